The SMILES string of the molecule is O=C(O)F.[KH]. The molecule has 0 saturated carbocycles. The molecule has 1 N–H and O–H groups in total. The van der Waals surface area contributed by atoms with Crippen LogP contribution in [0.2, 0.25) is 0 Å². The van der Waals surface area contributed by atoms with Gasteiger partial charge >= 0.3 is 57.6 Å². The van der Waals surface area contributed by atoms with Crippen LogP contribution in [0.15, 0.2) is 0 Å². The second kappa shape index (κ2) is 5.04. The van der Waals surface area contributed by atoms with Crippen LogP contribution < -0.4 is 0 Å². The fourth-order valence-electron chi connectivity index (χ4n) is 0. The van der Waals surface area contributed by atoms with Gasteiger partial charge in [0.25, 0.3) is 0 Å². The molecule has 0 amide bonds. The van der Waals surface area contributed by atoms with Crippen LogP contribution in [0.5, 0.6) is 0 Å². The second-order valence-electron chi connectivity index (χ2n) is 0.253. The average molecular weight is 104 g/mol. The molecule has 0 bridgehead atoms. The number of carbonyl (C=O) groups is 1. The first-order valence-electron chi connectivity index (χ1n) is 0.617. The van der Waals surface area contributed by atoms with Gasteiger partial charge in [0.05, 0.1) is 0 Å². The number of hydrogen-bond acceptors (Lipinski definition) is 1. The molecule has 0 spiro atoms. The third kappa shape index (κ3) is 43.2. The summed E-state index contributed by atoms with van der Waals surface area (Å²) in [5.74, 6) is 0. The minimum atomic E-state index is -2.33. The van der Waals surface area contributed by atoms with Crippen molar-refractivity contribution in [2.24, 2.45) is 0 Å². The van der Waals surface area contributed by atoms with Crippen molar-refractivity contribution in [3.8, 4) is 0 Å². The minimum absolute atomic E-state index is 0. The van der Waals surface area contributed by atoms with Gasteiger partial charge in [-0.05, 0) is 0 Å². The van der Waals surface area contributed by atoms with Crippen molar-refractivity contribution in [3.63, 3.8) is 0 Å². The third-order valence-corrected chi connectivity index (χ3v) is 0. The van der Waals surface area contributed by atoms with Crippen LogP contribution in [0.3, 0.4) is 0 Å². The predicted molar refractivity (Wildman–Crippen MR) is 16.3 cm³/mol. The van der Waals surface area contributed by atoms with E-state index in [1.807, 2.05) is 0 Å². The van der Waals surface area contributed by atoms with Gasteiger partial charge in [0, 0.05) is 0 Å². The number of carboxylic acid groups (broad SMARTS) is 1. The maximum absolute atomic E-state index is 9.92. The van der Waals surface area contributed by atoms with E-state index >= 15 is 0 Å². The second-order valence-corrected chi connectivity index (χ2v) is 0.253. The third-order valence-electron chi connectivity index (χ3n) is 0. The standard InChI is InChI=1S/CHFO2.K.H/c2-1(3)4;;/h(H,3,4);;. The van der Waals surface area contributed by atoms with Gasteiger partial charge in [-0.15, -0.1) is 4.39 Å². The summed E-state index contributed by atoms with van der Waals surface area (Å²) in [5, 5.41) is 6.75. The van der Waals surface area contributed by atoms with E-state index in [4.69, 9.17) is 9.90 Å². The van der Waals surface area contributed by atoms with Crippen LogP contribution in [0.25, 0.3) is 0 Å². The summed E-state index contributed by atoms with van der Waals surface area (Å²) in [6.07, 6.45) is -2.33. The van der Waals surface area contributed by atoms with Gasteiger partial charge in [-0.1, -0.05) is 0 Å². The molecule has 0 aromatic carbocycles. The molecule has 0 saturated heterocycles. The van der Waals surface area contributed by atoms with E-state index in [9.17, 15) is 4.39 Å². The van der Waals surface area contributed by atoms with Crippen molar-refractivity contribution in [2.45, 2.75) is 0 Å². The van der Waals surface area contributed by atoms with Crippen molar-refractivity contribution in [2.75, 3.05) is 0 Å². The van der Waals surface area contributed by atoms with Gasteiger partial charge in [0.15, 0.2) is 0 Å². The summed E-state index contributed by atoms with van der Waals surface area (Å²) in [4.78, 5) is 8.33. The molecule has 0 aromatic rings. The van der Waals surface area contributed by atoms with Gasteiger partial charge in [-0.25, -0.2) is 4.79 Å². The molecular weight excluding hydrogens is 102 g/mol. The summed E-state index contributed by atoms with van der Waals surface area (Å²) >= 11 is 0. The van der Waals surface area contributed by atoms with Crippen molar-refractivity contribution >= 4 is 57.6 Å². The van der Waals surface area contributed by atoms with Gasteiger partial charge in [-0.2, -0.15) is 0 Å². The Hall–Kier alpha value is 1.04. The number of halogens is 1. The van der Waals surface area contributed by atoms with Crippen LogP contribution in [-0.4, -0.2) is 62.7 Å². The summed E-state index contributed by atoms with van der Waals surface area (Å²) in [6, 6.07) is 0. The Bertz CT molecular complexity index is 32.6. The van der Waals surface area contributed by atoms with E-state index in [1.54, 1.807) is 0 Å². The Labute approximate surface area is 70.8 Å². The van der Waals surface area contributed by atoms with Crippen LogP contribution in [-0.2, 0) is 0 Å². The average Bonchev–Trinajstić information content (AvgIpc) is 0.811. The molecule has 0 fully saturated rings. The molecule has 0 aliphatic rings. The molecule has 0 unspecified atom stereocenters. The summed E-state index contributed by atoms with van der Waals surface area (Å²) in [5.41, 5.74) is 0. The van der Waals surface area contributed by atoms with E-state index < -0.39 is 6.22 Å². The Balaban J connectivity index is 0. The Morgan fingerprint density at radius 2 is 1.80 bits per heavy atom. The van der Waals surface area contributed by atoms with Crippen LogP contribution >= 0.6 is 0 Å². The zero-order valence-electron chi connectivity index (χ0n) is 1.73. The van der Waals surface area contributed by atoms with E-state index in [2.05, 4.69) is 0 Å². The fourth-order valence-corrected chi connectivity index (χ4v) is 0. The number of rotatable bonds is 0. The van der Waals surface area contributed by atoms with Crippen LogP contribution in [0.1, 0.15) is 0 Å². The van der Waals surface area contributed by atoms with Crippen LogP contribution in [0, 0.1) is 0 Å². The molecule has 0 atom stereocenters. The maximum atomic E-state index is 9.92. The monoisotopic (exact) mass is 104 g/mol. The van der Waals surface area contributed by atoms with Crippen molar-refractivity contribution in [1.82, 2.24) is 0 Å². The molecule has 2 nitrogen and oxygen atoms in total. The summed E-state index contributed by atoms with van der Waals surface area (Å²) < 4.78 is 9.92. The first-order valence-corrected chi connectivity index (χ1v) is 0.617. The molecule has 0 heterocycles. The first kappa shape index (κ1) is 9.40. The predicted octanol–water partition coefficient (Wildman–Crippen LogP) is -0.0146. The molecule has 0 aromatic heterocycles. The van der Waals surface area contributed by atoms with Crippen molar-refractivity contribution < 1.29 is 14.3 Å². The fraction of sp³-hybridized carbons (Fsp3) is 0. The Morgan fingerprint density at radius 1 is 1.80 bits per heavy atom. The first-order chi connectivity index (χ1) is 1.73. The quantitative estimate of drug-likeness (QED) is 0.346. The van der Waals surface area contributed by atoms with Gasteiger partial charge in [-0.3, -0.25) is 0 Å². The van der Waals surface area contributed by atoms with E-state index in [1.165, 1.54) is 0 Å². The van der Waals surface area contributed by atoms with Gasteiger partial charge in [0.2, 0.25) is 0 Å². The molecule has 5 heavy (non-hydrogen) atoms. The van der Waals surface area contributed by atoms with Gasteiger partial charge < -0.3 is 5.11 Å². The Kier molecular flexibility index (Phi) is 9.47. The zero-order chi connectivity index (χ0) is 3.58. The molecule has 0 rings (SSSR count). The molecule has 0 radical (unpaired) electrons. The van der Waals surface area contributed by atoms with E-state index in [0.29, 0.717) is 0 Å². The molecule has 26 valence electrons. The van der Waals surface area contributed by atoms with Crippen LogP contribution in [0.4, 0.5) is 9.18 Å². The molecule has 4 heteroatoms. The topological polar surface area (TPSA) is 37.3 Å². The van der Waals surface area contributed by atoms with E-state index in [-0.39, 0.29) is 51.4 Å². The van der Waals surface area contributed by atoms with Crippen molar-refractivity contribution in [3.05, 3.63) is 0 Å². The number of hydrogen-bond donors (Lipinski definition) is 1. The normalized spacial score (nSPS) is 5.00. The molecule has 0 aliphatic heterocycles. The Morgan fingerprint density at radius 3 is 1.80 bits per heavy atom. The van der Waals surface area contributed by atoms with Gasteiger partial charge in [0.1, 0.15) is 0 Å². The molecule has 0 aliphatic carbocycles. The summed E-state index contributed by atoms with van der Waals surface area (Å²) in [7, 11) is 0. The zero-order valence-corrected chi connectivity index (χ0v) is 1.73. The molecular formula is CH2FKO2. The van der Waals surface area contributed by atoms with Crippen molar-refractivity contribution in [1.29, 1.82) is 0 Å². The van der Waals surface area contributed by atoms with E-state index in [0.717, 1.165) is 0 Å². The summed E-state index contributed by atoms with van der Waals surface area (Å²) in [6.45, 7) is 0.